The summed E-state index contributed by atoms with van der Waals surface area (Å²) < 4.78 is 6.24. The molecule has 104 valence electrons. The van der Waals surface area contributed by atoms with Crippen molar-refractivity contribution in [2.45, 2.75) is 57.1 Å². The number of nitrogens with zero attached hydrogens (tertiary/aromatic N) is 1. The lowest BCUT2D eigenvalue weighted by molar-refractivity contribution is -0.148. The Morgan fingerprint density at radius 3 is 2.47 bits per heavy atom. The zero-order valence-corrected chi connectivity index (χ0v) is 12.0. The fraction of sp³-hybridized carbons (Fsp3) is 0.647. The number of ether oxygens (including phenoxy) is 1. The van der Waals surface area contributed by atoms with E-state index in [0.717, 1.165) is 19.2 Å². The van der Waals surface area contributed by atoms with Crippen molar-refractivity contribution in [1.82, 2.24) is 4.90 Å². The van der Waals surface area contributed by atoms with Gasteiger partial charge in [-0.3, -0.25) is 4.90 Å². The average molecular weight is 259 g/mol. The van der Waals surface area contributed by atoms with Crippen LogP contribution in [0.3, 0.4) is 0 Å². The summed E-state index contributed by atoms with van der Waals surface area (Å²) in [4.78, 5) is 2.56. The van der Waals surface area contributed by atoms with Gasteiger partial charge in [0.05, 0.1) is 5.60 Å². The molecule has 2 fully saturated rings. The van der Waals surface area contributed by atoms with Crippen LogP contribution in [0.1, 0.15) is 51.0 Å². The molecule has 1 aromatic rings. The van der Waals surface area contributed by atoms with Crippen molar-refractivity contribution in [2.75, 3.05) is 13.3 Å². The van der Waals surface area contributed by atoms with Gasteiger partial charge in [-0.15, -0.1) is 0 Å². The minimum atomic E-state index is -0.0908. The van der Waals surface area contributed by atoms with E-state index in [1.807, 2.05) is 0 Å². The molecule has 1 unspecified atom stereocenters. The van der Waals surface area contributed by atoms with Gasteiger partial charge in [0.1, 0.15) is 6.73 Å². The van der Waals surface area contributed by atoms with Gasteiger partial charge in [0, 0.05) is 12.6 Å². The fourth-order valence-electron chi connectivity index (χ4n) is 3.47. The van der Waals surface area contributed by atoms with E-state index in [4.69, 9.17) is 4.74 Å². The molecular formula is C17H25NO. The molecule has 1 heterocycles. The van der Waals surface area contributed by atoms with E-state index in [2.05, 4.69) is 42.2 Å². The first-order valence-corrected chi connectivity index (χ1v) is 7.71. The molecule has 19 heavy (non-hydrogen) atoms. The van der Waals surface area contributed by atoms with Crippen molar-refractivity contribution < 1.29 is 4.74 Å². The quantitative estimate of drug-likeness (QED) is 0.798. The van der Waals surface area contributed by atoms with Gasteiger partial charge in [0.25, 0.3) is 0 Å². The summed E-state index contributed by atoms with van der Waals surface area (Å²) in [5.41, 5.74) is 1.23. The number of hydrogen-bond acceptors (Lipinski definition) is 2. The molecule has 3 rings (SSSR count). The van der Waals surface area contributed by atoms with Crippen LogP contribution in [0.4, 0.5) is 0 Å². The number of hydrogen-bond donors (Lipinski definition) is 0. The van der Waals surface area contributed by atoms with E-state index < -0.39 is 0 Å². The molecule has 0 amide bonds. The molecule has 1 atom stereocenters. The maximum absolute atomic E-state index is 6.24. The van der Waals surface area contributed by atoms with Gasteiger partial charge in [-0.05, 0) is 31.7 Å². The van der Waals surface area contributed by atoms with Gasteiger partial charge in [-0.1, -0.05) is 49.6 Å². The molecular weight excluding hydrogens is 234 g/mol. The SMILES string of the molecule is CC1(c2ccccc2)CCN(C2CCCCC2)CO1. The van der Waals surface area contributed by atoms with Crippen LogP contribution in [0.15, 0.2) is 30.3 Å². The Kier molecular flexibility index (Phi) is 3.90. The van der Waals surface area contributed by atoms with Gasteiger partial charge < -0.3 is 4.74 Å². The van der Waals surface area contributed by atoms with Crippen LogP contribution < -0.4 is 0 Å². The van der Waals surface area contributed by atoms with Crippen molar-refractivity contribution in [2.24, 2.45) is 0 Å². The predicted molar refractivity (Wildman–Crippen MR) is 77.9 cm³/mol. The standard InChI is InChI=1S/C17H25NO/c1-17(15-8-4-2-5-9-15)12-13-18(14-19-17)16-10-6-3-7-11-16/h2,4-5,8-9,16H,3,6-7,10-14H2,1H3. The lowest BCUT2D eigenvalue weighted by Gasteiger charge is -2.44. The van der Waals surface area contributed by atoms with E-state index in [0.29, 0.717) is 0 Å². The van der Waals surface area contributed by atoms with E-state index >= 15 is 0 Å². The van der Waals surface area contributed by atoms with E-state index in [9.17, 15) is 0 Å². The van der Waals surface area contributed by atoms with Crippen molar-refractivity contribution in [3.05, 3.63) is 35.9 Å². The highest BCUT2D eigenvalue weighted by Crippen LogP contribution is 2.34. The summed E-state index contributed by atoms with van der Waals surface area (Å²) in [5.74, 6) is 0. The average Bonchev–Trinajstić information content (AvgIpc) is 2.50. The highest BCUT2D eigenvalue weighted by atomic mass is 16.5. The predicted octanol–water partition coefficient (Wildman–Crippen LogP) is 3.91. The third kappa shape index (κ3) is 2.85. The van der Waals surface area contributed by atoms with Crippen LogP contribution >= 0.6 is 0 Å². The van der Waals surface area contributed by atoms with Gasteiger partial charge in [0.15, 0.2) is 0 Å². The van der Waals surface area contributed by atoms with Crippen molar-refractivity contribution >= 4 is 0 Å². The topological polar surface area (TPSA) is 12.5 Å². The summed E-state index contributed by atoms with van der Waals surface area (Å²) >= 11 is 0. The first-order chi connectivity index (χ1) is 9.28. The molecule has 1 saturated heterocycles. The van der Waals surface area contributed by atoms with Crippen molar-refractivity contribution in [3.8, 4) is 0 Å². The Balaban J connectivity index is 1.62. The zero-order chi connectivity index (χ0) is 13.1. The molecule has 0 N–H and O–H groups in total. The highest BCUT2D eigenvalue weighted by Gasteiger charge is 2.35. The van der Waals surface area contributed by atoms with Crippen LogP contribution in [0.5, 0.6) is 0 Å². The molecule has 1 saturated carbocycles. The molecule has 0 aromatic heterocycles. The second-order valence-corrected chi connectivity index (χ2v) is 6.22. The summed E-state index contributed by atoms with van der Waals surface area (Å²) in [6, 6.07) is 11.4. The van der Waals surface area contributed by atoms with E-state index in [1.165, 1.54) is 44.2 Å². The maximum Gasteiger partial charge on any atom is 0.100 e. The lowest BCUT2D eigenvalue weighted by atomic mass is 9.89. The van der Waals surface area contributed by atoms with E-state index in [-0.39, 0.29) is 5.60 Å². The minimum absolute atomic E-state index is 0.0908. The molecule has 2 aliphatic rings. The van der Waals surface area contributed by atoms with Crippen molar-refractivity contribution in [1.29, 1.82) is 0 Å². The lowest BCUT2D eigenvalue weighted by Crippen LogP contribution is -2.48. The smallest absolute Gasteiger partial charge is 0.100 e. The van der Waals surface area contributed by atoms with Crippen LogP contribution in [-0.4, -0.2) is 24.2 Å². The molecule has 0 radical (unpaired) electrons. The van der Waals surface area contributed by atoms with Gasteiger partial charge in [-0.25, -0.2) is 0 Å². The Labute approximate surface area is 116 Å². The Hall–Kier alpha value is -0.860. The summed E-state index contributed by atoms with van der Waals surface area (Å²) in [5, 5.41) is 0. The summed E-state index contributed by atoms with van der Waals surface area (Å²) in [7, 11) is 0. The number of benzene rings is 1. The first kappa shape index (κ1) is 13.1. The van der Waals surface area contributed by atoms with Gasteiger partial charge in [-0.2, -0.15) is 0 Å². The van der Waals surface area contributed by atoms with Crippen molar-refractivity contribution in [3.63, 3.8) is 0 Å². The first-order valence-electron chi connectivity index (χ1n) is 7.71. The minimum Gasteiger partial charge on any atom is -0.355 e. The Morgan fingerprint density at radius 2 is 1.84 bits per heavy atom. The molecule has 0 spiro atoms. The highest BCUT2D eigenvalue weighted by molar-refractivity contribution is 5.22. The molecule has 2 nitrogen and oxygen atoms in total. The van der Waals surface area contributed by atoms with Gasteiger partial charge >= 0.3 is 0 Å². The summed E-state index contributed by atoms with van der Waals surface area (Å²) in [6.45, 7) is 4.21. The maximum atomic E-state index is 6.24. The largest absolute Gasteiger partial charge is 0.355 e. The number of rotatable bonds is 2. The van der Waals surface area contributed by atoms with Crippen LogP contribution in [-0.2, 0) is 10.3 Å². The molecule has 2 heteroatoms. The molecule has 1 aromatic carbocycles. The van der Waals surface area contributed by atoms with Crippen LogP contribution in [0.2, 0.25) is 0 Å². The molecule has 0 bridgehead atoms. The third-order valence-electron chi connectivity index (χ3n) is 4.90. The van der Waals surface area contributed by atoms with E-state index in [1.54, 1.807) is 0 Å². The summed E-state index contributed by atoms with van der Waals surface area (Å²) in [6.07, 6.45) is 8.06. The fourth-order valence-corrected chi connectivity index (χ4v) is 3.47. The third-order valence-corrected chi connectivity index (χ3v) is 4.90. The normalized spacial score (nSPS) is 30.4. The molecule has 1 aliphatic carbocycles. The van der Waals surface area contributed by atoms with Crippen LogP contribution in [0.25, 0.3) is 0 Å². The monoisotopic (exact) mass is 259 g/mol. The second kappa shape index (κ2) is 5.64. The Bertz CT molecular complexity index is 389. The Morgan fingerprint density at radius 1 is 1.11 bits per heavy atom. The molecule has 1 aliphatic heterocycles. The van der Waals surface area contributed by atoms with Crippen LogP contribution in [0, 0.1) is 0 Å². The second-order valence-electron chi connectivity index (χ2n) is 6.22. The van der Waals surface area contributed by atoms with Gasteiger partial charge in [0.2, 0.25) is 0 Å². The zero-order valence-electron chi connectivity index (χ0n) is 12.0.